The lowest BCUT2D eigenvalue weighted by Gasteiger charge is -2.07. The minimum absolute atomic E-state index is 0.108. The van der Waals surface area contributed by atoms with E-state index in [2.05, 4.69) is 0 Å². The van der Waals surface area contributed by atoms with Crippen LogP contribution in [0.3, 0.4) is 0 Å². The van der Waals surface area contributed by atoms with Crippen LogP contribution in [0.4, 0.5) is 11.4 Å². The molecule has 0 bridgehead atoms. The van der Waals surface area contributed by atoms with Crippen molar-refractivity contribution in [1.82, 2.24) is 0 Å². The van der Waals surface area contributed by atoms with Crippen LogP contribution in [0.5, 0.6) is 0 Å². The van der Waals surface area contributed by atoms with Crippen LogP contribution in [0.15, 0.2) is 18.2 Å². The normalized spacial score (nSPS) is 10.6. The van der Waals surface area contributed by atoms with Crippen molar-refractivity contribution in [1.29, 1.82) is 0 Å². The third-order valence-corrected chi connectivity index (χ3v) is 1.57. The molecule has 0 amide bonds. The Kier molecular flexibility index (Phi) is 2.52. The molecule has 0 aliphatic carbocycles. The summed E-state index contributed by atoms with van der Waals surface area (Å²) in [5.41, 5.74) is 12.8. The predicted octanol–water partition coefficient (Wildman–Crippen LogP) is -0.296. The van der Waals surface area contributed by atoms with E-state index in [1.54, 1.807) is 18.2 Å². The summed E-state index contributed by atoms with van der Waals surface area (Å²) >= 11 is 0. The molecule has 0 atom stereocenters. The summed E-state index contributed by atoms with van der Waals surface area (Å²) in [4.78, 5) is 0. The minimum Gasteiger partial charge on any atom is -0.399 e. The van der Waals surface area contributed by atoms with Gasteiger partial charge in [-0.05, 0) is 23.8 Å². The summed E-state index contributed by atoms with van der Waals surface area (Å²) in [6.45, 7) is 0. The Morgan fingerprint density at radius 3 is 2.50 bits per heavy atom. The first-order chi connectivity index (χ1) is 5.59. The van der Waals surface area contributed by atoms with Gasteiger partial charge in [-0.15, -0.1) is 0 Å². The van der Waals surface area contributed by atoms with Crippen LogP contribution >= 0.6 is 0 Å². The van der Waals surface area contributed by atoms with Crippen molar-refractivity contribution < 1.29 is 10.2 Å². The fourth-order valence-corrected chi connectivity index (χ4v) is 0.999. The molecule has 1 rings (SSSR count). The van der Waals surface area contributed by atoms with Gasteiger partial charge in [0.05, 0.1) is 0 Å². The Morgan fingerprint density at radius 2 is 1.92 bits per heavy atom. The van der Waals surface area contributed by atoms with Gasteiger partial charge in [-0.1, -0.05) is 0 Å². The number of hydrogen-bond donors (Lipinski definition) is 4. The first kappa shape index (κ1) is 8.83. The van der Waals surface area contributed by atoms with Crippen LogP contribution in [0.2, 0.25) is 0 Å². The van der Waals surface area contributed by atoms with Crippen molar-refractivity contribution in [2.45, 2.75) is 12.7 Å². The molecule has 0 fully saturated rings. The van der Waals surface area contributed by atoms with Gasteiger partial charge in [-0.3, -0.25) is 0 Å². The van der Waals surface area contributed by atoms with Gasteiger partial charge in [0, 0.05) is 17.8 Å². The van der Waals surface area contributed by atoms with Crippen LogP contribution in [0.25, 0.3) is 0 Å². The van der Waals surface area contributed by atoms with Gasteiger partial charge in [0.15, 0.2) is 6.29 Å². The Bertz CT molecular complexity index is 274. The van der Waals surface area contributed by atoms with Crippen molar-refractivity contribution in [3.8, 4) is 0 Å². The summed E-state index contributed by atoms with van der Waals surface area (Å²) in [5, 5.41) is 17.4. The van der Waals surface area contributed by atoms with Crippen LogP contribution in [0, 0.1) is 0 Å². The van der Waals surface area contributed by atoms with Gasteiger partial charge in [0.1, 0.15) is 0 Å². The molecule has 6 N–H and O–H groups in total. The second-order valence-corrected chi connectivity index (χ2v) is 2.64. The lowest BCUT2D eigenvalue weighted by atomic mass is 10.1. The molecule has 12 heavy (non-hydrogen) atoms. The maximum atomic E-state index is 8.68. The molecule has 0 radical (unpaired) electrons. The summed E-state index contributed by atoms with van der Waals surface area (Å²) < 4.78 is 0. The highest BCUT2D eigenvalue weighted by atomic mass is 16.5. The molecule has 1 aromatic carbocycles. The van der Waals surface area contributed by atoms with Crippen LogP contribution in [0.1, 0.15) is 5.56 Å². The Balaban J connectivity index is 2.90. The molecule has 66 valence electrons. The molecule has 0 saturated heterocycles. The van der Waals surface area contributed by atoms with E-state index in [9.17, 15) is 0 Å². The molecule has 4 nitrogen and oxygen atoms in total. The van der Waals surface area contributed by atoms with Crippen LogP contribution < -0.4 is 11.5 Å². The molecule has 4 heteroatoms. The molecule has 0 saturated carbocycles. The average Bonchev–Trinajstić information content (AvgIpc) is 1.96. The average molecular weight is 168 g/mol. The van der Waals surface area contributed by atoms with E-state index in [1.165, 1.54) is 0 Å². The largest absolute Gasteiger partial charge is 0.399 e. The number of nitrogen functional groups attached to an aromatic ring is 2. The first-order valence-electron chi connectivity index (χ1n) is 3.59. The summed E-state index contributed by atoms with van der Waals surface area (Å²) in [6, 6.07) is 4.95. The molecular weight excluding hydrogens is 156 g/mol. The molecule has 1 aromatic rings. The van der Waals surface area contributed by atoms with Crippen molar-refractivity contribution in [3.05, 3.63) is 23.8 Å². The van der Waals surface area contributed by atoms with E-state index in [1.807, 2.05) is 0 Å². The summed E-state index contributed by atoms with van der Waals surface area (Å²) in [6.07, 6.45) is -1.27. The lowest BCUT2D eigenvalue weighted by Crippen LogP contribution is -2.10. The van der Waals surface area contributed by atoms with Gasteiger partial charge in [-0.25, -0.2) is 0 Å². The monoisotopic (exact) mass is 168 g/mol. The summed E-state index contributed by atoms with van der Waals surface area (Å²) in [5.74, 6) is 0. The fraction of sp³-hybridized carbons (Fsp3) is 0.250. The number of benzene rings is 1. The van der Waals surface area contributed by atoms with Gasteiger partial charge in [0.2, 0.25) is 0 Å². The molecule has 0 unspecified atom stereocenters. The Morgan fingerprint density at radius 1 is 1.25 bits per heavy atom. The third-order valence-electron chi connectivity index (χ3n) is 1.57. The number of anilines is 2. The molecule has 0 aliphatic heterocycles. The van der Waals surface area contributed by atoms with Crippen molar-refractivity contribution in [2.24, 2.45) is 0 Å². The Hall–Kier alpha value is -1.26. The van der Waals surface area contributed by atoms with E-state index in [4.69, 9.17) is 21.7 Å². The van der Waals surface area contributed by atoms with E-state index < -0.39 is 6.29 Å². The molecule has 0 aromatic heterocycles. The zero-order chi connectivity index (χ0) is 9.14. The van der Waals surface area contributed by atoms with Gasteiger partial charge in [0.25, 0.3) is 0 Å². The molecular formula is C8H12N2O2. The van der Waals surface area contributed by atoms with Crippen LogP contribution in [-0.2, 0) is 6.42 Å². The smallest absolute Gasteiger partial charge is 0.155 e. The quantitative estimate of drug-likeness (QED) is 0.360. The second kappa shape index (κ2) is 3.42. The first-order valence-corrected chi connectivity index (χ1v) is 3.59. The number of nitrogens with two attached hydrogens (primary N) is 2. The highest BCUT2D eigenvalue weighted by Gasteiger charge is 2.04. The number of aliphatic hydroxyl groups is 2. The highest BCUT2D eigenvalue weighted by Crippen LogP contribution is 2.16. The third kappa shape index (κ3) is 2.11. The summed E-state index contributed by atoms with van der Waals surface area (Å²) in [7, 11) is 0. The van der Waals surface area contributed by atoms with E-state index in [0.717, 1.165) is 0 Å². The minimum atomic E-state index is -1.38. The maximum Gasteiger partial charge on any atom is 0.155 e. The van der Waals surface area contributed by atoms with Crippen molar-refractivity contribution in [3.63, 3.8) is 0 Å². The van der Waals surface area contributed by atoms with Gasteiger partial charge < -0.3 is 21.7 Å². The lowest BCUT2D eigenvalue weighted by molar-refractivity contribution is -0.0380. The van der Waals surface area contributed by atoms with E-state index in [0.29, 0.717) is 16.9 Å². The van der Waals surface area contributed by atoms with Gasteiger partial charge >= 0.3 is 0 Å². The predicted molar refractivity (Wildman–Crippen MR) is 47.2 cm³/mol. The highest BCUT2D eigenvalue weighted by molar-refractivity contribution is 5.55. The fourth-order valence-electron chi connectivity index (χ4n) is 0.999. The topological polar surface area (TPSA) is 92.5 Å². The number of hydrogen-bond acceptors (Lipinski definition) is 4. The molecule has 0 spiro atoms. The van der Waals surface area contributed by atoms with Crippen molar-refractivity contribution >= 4 is 11.4 Å². The zero-order valence-electron chi connectivity index (χ0n) is 6.57. The number of rotatable bonds is 2. The Labute approximate surface area is 70.4 Å². The maximum absolute atomic E-state index is 8.68. The SMILES string of the molecule is Nc1ccc(N)c(CC(O)O)c1. The van der Waals surface area contributed by atoms with Crippen LogP contribution in [-0.4, -0.2) is 16.5 Å². The van der Waals surface area contributed by atoms with E-state index in [-0.39, 0.29) is 6.42 Å². The number of aliphatic hydroxyl groups excluding tert-OH is 1. The van der Waals surface area contributed by atoms with Gasteiger partial charge in [-0.2, -0.15) is 0 Å². The molecule has 0 heterocycles. The standard InChI is InChI=1S/C8H12N2O2/c9-6-1-2-7(10)5(3-6)4-8(11)12/h1-3,8,11-12H,4,9-10H2. The zero-order valence-corrected chi connectivity index (χ0v) is 6.57. The molecule has 0 aliphatic rings. The second-order valence-electron chi connectivity index (χ2n) is 2.64. The van der Waals surface area contributed by atoms with Crippen molar-refractivity contribution in [2.75, 3.05) is 11.5 Å². The van der Waals surface area contributed by atoms with E-state index >= 15 is 0 Å².